The zero-order valence-corrected chi connectivity index (χ0v) is 13.3. The first-order valence-corrected chi connectivity index (χ1v) is 7.50. The van der Waals surface area contributed by atoms with Crippen LogP contribution in [-0.2, 0) is 4.74 Å². The van der Waals surface area contributed by atoms with Gasteiger partial charge >= 0.3 is 0 Å². The second-order valence-corrected chi connectivity index (χ2v) is 6.54. The minimum atomic E-state index is -0.206. The first kappa shape index (κ1) is 14.6. The Morgan fingerprint density at radius 1 is 1.63 bits per heavy atom. The summed E-state index contributed by atoms with van der Waals surface area (Å²) in [5.74, 6) is -0.0453. The van der Waals surface area contributed by atoms with E-state index in [1.807, 2.05) is 16.8 Å². The molecule has 1 atom stereocenters. The molecule has 4 nitrogen and oxygen atoms in total. The molecular formula is C14H21BrN2O2. The Morgan fingerprint density at radius 2 is 2.37 bits per heavy atom. The van der Waals surface area contributed by atoms with Crippen molar-refractivity contribution in [3.8, 4) is 0 Å². The predicted molar refractivity (Wildman–Crippen MR) is 78.4 cm³/mol. The Kier molecular flexibility index (Phi) is 4.36. The van der Waals surface area contributed by atoms with E-state index >= 15 is 0 Å². The van der Waals surface area contributed by atoms with Crippen LogP contribution in [0.5, 0.6) is 0 Å². The molecule has 0 aromatic carbocycles. The van der Waals surface area contributed by atoms with Gasteiger partial charge in [-0.3, -0.25) is 4.79 Å². The van der Waals surface area contributed by atoms with Crippen molar-refractivity contribution in [1.82, 2.24) is 9.88 Å². The lowest BCUT2D eigenvalue weighted by atomic mass is 10.0. The number of hydrogen-bond donors (Lipinski definition) is 1. The molecule has 1 fully saturated rings. The van der Waals surface area contributed by atoms with Crippen LogP contribution in [0.2, 0.25) is 0 Å². The normalized spacial score (nSPS) is 23.0. The first-order valence-electron chi connectivity index (χ1n) is 6.71. The van der Waals surface area contributed by atoms with Gasteiger partial charge in [-0.2, -0.15) is 0 Å². The Labute approximate surface area is 122 Å². The molecule has 19 heavy (non-hydrogen) atoms. The molecule has 0 aliphatic carbocycles. The lowest BCUT2D eigenvalue weighted by Crippen LogP contribution is -2.40. The van der Waals surface area contributed by atoms with Crippen molar-refractivity contribution in [3.05, 3.63) is 22.4 Å². The maximum absolute atomic E-state index is 12.3. The van der Waals surface area contributed by atoms with Crippen LogP contribution in [-0.4, -0.2) is 29.2 Å². The number of rotatable bonds is 4. The number of amides is 1. The van der Waals surface area contributed by atoms with Crippen LogP contribution in [0.15, 0.2) is 16.7 Å². The van der Waals surface area contributed by atoms with Crippen LogP contribution in [0, 0.1) is 0 Å². The standard InChI is InChI=1S/C14H21BrN2O2/c1-10(2)17-8-11(15)7-12(17)13(18)16-9-14(3)5-4-6-19-14/h7-8,10H,4-6,9H2,1-3H3,(H,16,18). The molecule has 1 aromatic heterocycles. The van der Waals surface area contributed by atoms with Gasteiger partial charge in [-0.05, 0) is 55.6 Å². The zero-order chi connectivity index (χ0) is 14.0. The largest absolute Gasteiger partial charge is 0.373 e. The molecule has 2 rings (SSSR count). The molecule has 106 valence electrons. The lowest BCUT2D eigenvalue weighted by Gasteiger charge is -2.23. The number of aromatic nitrogens is 1. The van der Waals surface area contributed by atoms with Crippen molar-refractivity contribution >= 4 is 21.8 Å². The quantitative estimate of drug-likeness (QED) is 0.922. The molecule has 1 aromatic rings. The van der Waals surface area contributed by atoms with Crippen LogP contribution in [0.3, 0.4) is 0 Å². The maximum atomic E-state index is 12.3. The van der Waals surface area contributed by atoms with Gasteiger partial charge in [-0.25, -0.2) is 0 Å². The van der Waals surface area contributed by atoms with Gasteiger partial charge in [0.1, 0.15) is 5.69 Å². The summed E-state index contributed by atoms with van der Waals surface area (Å²) >= 11 is 3.42. The highest BCUT2D eigenvalue weighted by Crippen LogP contribution is 2.24. The summed E-state index contributed by atoms with van der Waals surface area (Å²) in [4.78, 5) is 12.3. The number of ether oxygens (including phenoxy) is 1. The summed E-state index contributed by atoms with van der Waals surface area (Å²) in [6.07, 6.45) is 4.01. The monoisotopic (exact) mass is 328 g/mol. The van der Waals surface area contributed by atoms with E-state index in [1.165, 1.54) is 0 Å². The van der Waals surface area contributed by atoms with Crippen LogP contribution in [0.4, 0.5) is 0 Å². The Balaban J connectivity index is 2.03. The van der Waals surface area contributed by atoms with E-state index in [1.54, 1.807) is 0 Å². The molecular weight excluding hydrogens is 308 g/mol. The van der Waals surface area contributed by atoms with Crippen LogP contribution >= 0.6 is 15.9 Å². The molecule has 0 saturated carbocycles. The van der Waals surface area contributed by atoms with Gasteiger partial charge in [0, 0.05) is 29.9 Å². The van der Waals surface area contributed by atoms with Gasteiger partial charge in [-0.1, -0.05) is 0 Å². The highest BCUT2D eigenvalue weighted by Gasteiger charge is 2.30. The highest BCUT2D eigenvalue weighted by atomic mass is 79.9. The fourth-order valence-corrected chi connectivity index (χ4v) is 2.83. The summed E-state index contributed by atoms with van der Waals surface area (Å²) in [7, 11) is 0. The Bertz CT molecular complexity index is 462. The third kappa shape index (κ3) is 3.39. The number of carbonyl (C=O) groups is 1. The number of hydrogen-bond acceptors (Lipinski definition) is 2. The van der Waals surface area contributed by atoms with Gasteiger partial charge in [-0.15, -0.1) is 0 Å². The van der Waals surface area contributed by atoms with Crippen LogP contribution in [0.25, 0.3) is 0 Å². The summed E-state index contributed by atoms with van der Waals surface area (Å²) < 4.78 is 8.57. The van der Waals surface area contributed by atoms with E-state index in [-0.39, 0.29) is 17.6 Å². The fraction of sp³-hybridized carbons (Fsp3) is 0.643. The molecule has 1 N–H and O–H groups in total. The first-order chi connectivity index (χ1) is 8.91. The Hall–Kier alpha value is -0.810. The van der Waals surface area contributed by atoms with Crippen LogP contribution < -0.4 is 5.32 Å². The zero-order valence-electron chi connectivity index (χ0n) is 11.7. The molecule has 5 heteroatoms. The molecule has 1 amide bonds. The molecule has 2 heterocycles. The van der Waals surface area contributed by atoms with Crippen molar-refractivity contribution in [2.45, 2.75) is 45.3 Å². The maximum Gasteiger partial charge on any atom is 0.268 e. The summed E-state index contributed by atoms with van der Waals surface area (Å²) in [5.41, 5.74) is 0.478. The predicted octanol–water partition coefficient (Wildman–Crippen LogP) is 3.13. The molecule has 1 saturated heterocycles. The third-order valence-corrected chi connectivity index (χ3v) is 3.96. The number of carbonyl (C=O) groups excluding carboxylic acids is 1. The molecule has 1 unspecified atom stereocenters. The van der Waals surface area contributed by atoms with Crippen molar-refractivity contribution < 1.29 is 9.53 Å². The number of halogens is 1. The van der Waals surface area contributed by atoms with E-state index in [0.29, 0.717) is 12.2 Å². The van der Waals surface area contributed by atoms with Gasteiger partial charge < -0.3 is 14.6 Å². The molecule has 0 radical (unpaired) electrons. The van der Waals surface area contributed by atoms with Gasteiger partial charge in [0.15, 0.2) is 0 Å². The van der Waals surface area contributed by atoms with Gasteiger partial charge in [0.05, 0.1) is 5.60 Å². The lowest BCUT2D eigenvalue weighted by molar-refractivity contribution is 0.0205. The third-order valence-electron chi connectivity index (χ3n) is 3.53. The van der Waals surface area contributed by atoms with Crippen molar-refractivity contribution in [2.75, 3.05) is 13.2 Å². The average Bonchev–Trinajstić information content (AvgIpc) is 2.93. The second-order valence-electron chi connectivity index (χ2n) is 5.63. The van der Waals surface area contributed by atoms with E-state index in [9.17, 15) is 4.79 Å². The van der Waals surface area contributed by atoms with E-state index in [0.717, 1.165) is 23.9 Å². The topological polar surface area (TPSA) is 43.3 Å². The van der Waals surface area contributed by atoms with Gasteiger partial charge in [0.2, 0.25) is 0 Å². The smallest absolute Gasteiger partial charge is 0.268 e. The van der Waals surface area contributed by atoms with E-state index in [2.05, 4.69) is 42.0 Å². The number of nitrogens with one attached hydrogen (secondary N) is 1. The van der Waals surface area contributed by atoms with Crippen molar-refractivity contribution in [1.29, 1.82) is 0 Å². The minimum absolute atomic E-state index is 0.0453. The molecule has 0 bridgehead atoms. The summed E-state index contributed by atoms with van der Waals surface area (Å²) in [6.45, 7) is 7.53. The number of nitrogens with zero attached hydrogens (tertiary/aromatic N) is 1. The fourth-order valence-electron chi connectivity index (χ4n) is 2.39. The SMILES string of the molecule is CC(C)n1cc(Br)cc1C(=O)NCC1(C)CCCO1. The van der Waals surface area contributed by atoms with Crippen LogP contribution in [0.1, 0.15) is 50.1 Å². The second kappa shape index (κ2) is 5.67. The summed E-state index contributed by atoms with van der Waals surface area (Å²) in [5, 5.41) is 2.98. The average molecular weight is 329 g/mol. The molecule has 1 aliphatic heterocycles. The van der Waals surface area contributed by atoms with E-state index in [4.69, 9.17) is 4.74 Å². The molecule has 1 aliphatic rings. The van der Waals surface area contributed by atoms with Gasteiger partial charge in [0.25, 0.3) is 5.91 Å². The summed E-state index contributed by atoms with van der Waals surface area (Å²) in [6, 6.07) is 2.11. The minimum Gasteiger partial charge on any atom is -0.373 e. The van der Waals surface area contributed by atoms with Crippen molar-refractivity contribution in [2.24, 2.45) is 0 Å². The van der Waals surface area contributed by atoms with Crippen molar-refractivity contribution in [3.63, 3.8) is 0 Å². The Morgan fingerprint density at radius 3 is 2.95 bits per heavy atom. The van der Waals surface area contributed by atoms with E-state index < -0.39 is 0 Å². The molecule has 0 spiro atoms. The highest BCUT2D eigenvalue weighted by molar-refractivity contribution is 9.10.